The number of rotatable bonds is 3. The second-order valence-electron chi connectivity index (χ2n) is 4.73. The molecule has 0 spiro atoms. The number of carbonyl (C=O) groups is 1. The summed E-state index contributed by atoms with van der Waals surface area (Å²) in [5, 5.41) is 0. The van der Waals surface area contributed by atoms with Gasteiger partial charge >= 0.3 is 18.0 Å². The standard InChI is InChI=1S/C13H11F7O/c1-6-4-8(3)9(5-7(6)2)10(21)11(14,15)12(16,17)13(18,19)20/h4-5H,1-3H3. The molecule has 0 aliphatic rings. The van der Waals surface area contributed by atoms with Gasteiger partial charge in [0.1, 0.15) is 0 Å². The topological polar surface area (TPSA) is 17.1 Å². The minimum Gasteiger partial charge on any atom is -0.287 e. The molecule has 0 aliphatic carbocycles. The van der Waals surface area contributed by atoms with Crippen molar-refractivity contribution in [3.63, 3.8) is 0 Å². The molecule has 1 aromatic carbocycles. The molecule has 8 heteroatoms. The van der Waals surface area contributed by atoms with Crippen molar-refractivity contribution in [2.75, 3.05) is 0 Å². The summed E-state index contributed by atoms with van der Waals surface area (Å²) in [6.07, 6.45) is -6.53. The van der Waals surface area contributed by atoms with Crippen LogP contribution in [0.2, 0.25) is 0 Å². The van der Waals surface area contributed by atoms with Gasteiger partial charge in [-0.25, -0.2) is 0 Å². The Balaban J connectivity index is 3.40. The van der Waals surface area contributed by atoms with E-state index >= 15 is 0 Å². The number of aryl methyl sites for hydroxylation is 3. The Labute approximate surface area is 115 Å². The van der Waals surface area contributed by atoms with Crippen LogP contribution in [0.1, 0.15) is 27.0 Å². The fourth-order valence-corrected chi connectivity index (χ4v) is 1.69. The lowest BCUT2D eigenvalue weighted by atomic mass is 9.93. The van der Waals surface area contributed by atoms with Gasteiger partial charge in [0.05, 0.1) is 0 Å². The van der Waals surface area contributed by atoms with Crippen LogP contribution in [-0.4, -0.2) is 23.8 Å². The van der Waals surface area contributed by atoms with E-state index in [4.69, 9.17) is 0 Å². The first kappa shape index (κ1) is 17.5. The highest BCUT2D eigenvalue weighted by Crippen LogP contribution is 2.48. The predicted molar refractivity (Wildman–Crippen MR) is 60.9 cm³/mol. The quantitative estimate of drug-likeness (QED) is 0.587. The van der Waals surface area contributed by atoms with E-state index in [9.17, 15) is 35.5 Å². The third-order valence-corrected chi connectivity index (χ3v) is 3.12. The molecule has 0 saturated heterocycles. The van der Waals surface area contributed by atoms with E-state index in [0.29, 0.717) is 11.1 Å². The molecule has 0 bridgehead atoms. The average Bonchev–Trinajstić information content (AvgIpc) is 2.31. The first-order valence-electron chi connectivity index (χ1n) is 5.68. The Morgan fingerprint density at radius 3 is 1.67 bits per heavy atom. The predicted octanol–water partition coefficient (Wildman–Crippen LogP) is 4.63. The van der Waals surface area contributed by atoms with Crippen molar-refractivity contribution in [2.45, 2.75) is 38.8 Å². The molecule has 118 valence electrons. The van der Waals surface area contributed by atoms with Crippen LogP contribution < -0.4 is 0 Å². The summed E-state index contributed by atoms with van der Waals surface area (Å²) in [6, 6.07) is 2.15. The molecule has 0 heterocycles. The van der Waals surface area contributed by atoms with Gasteiger partial charge in [-0.3, -0.25) is 4.79 Å². The molecule has 0 radical (unpaired) electrons. The number of hydrogen-bond donors (Lipinski definition) is 0. The third kappa shape index (κ3) is 2.75. The Kier molecular flexibility index (Phi) is 4.15. The van der Waals surface area contributed by atoms with Gasteiger partial charge in [0.25, 0.3) is 0 Å². The van der Waals surface area contributed by atoms with E-state index in [1.807, 2.05) is 0 Å². The maximum absolute atomic E-state index is 13.4. The highest BCUT2D eigenvalue weighted by molar-refractivity contribution is 6.03. The first-order valence-corrected chi connectivity index (χ1v) is 5.68. The number of Topliss-reactive ketones (excluding diaryl/α,β-unsaturated/α-hetero) is 1. The molecule has 0 unspecified atom stereocenters. The maximum Gasteiger partial charge on any atom is 0.460 e. The Hall–Kier alpha value is -1.60. The third-order valence-electron chi connectivity index (χ3n) is 3.12. The van der Waals surface area contributed by atoms with Crippen LogP contribution >= 0.6 is 0 Å². The first-order chi connectivity index (χ1) is 9.23. The van der Waals surface area contributed by atoms with Crippen molar-refractivity contribution in [3.8, 4) is 0 Å². The molecule has 0 aromatic heterocycles. The number of halogens is 7. The minimum absolute atomic E-state index is 0.0965. The summed E-state index contributed by atoms with van der Waals surface area (Å²) in [7, 11) is 0. The zero-order valence-corrected chi connectivity index (χ0v) is 11.2. The smallest absolute Gasteiger partial charge is 0.287 e. The van der Waals surface area contributed by atoms with Crippen molar-refractivity contribution in [1.29, 1.82) is 0 Å². The van der Waals surface area contributed by atoms with Crippen LogP contribution in [0.4, 0.5) is 30.7 Å². The van der Waals surface area contributed by atoms with Crippen LogP contribution in [-0.2, 0) is 0 Å². The second kappa shape index (κ2) is 4.99. The summed E-state index contributed by atoms with van der Waals surface area (Å²) in [6.45, 7) is 4.19. The molecule has 1 nitrogen and oxygen atoms in total. The lowest BCUT2D eigenvalue weighted by molar-refractivity contribution is -0.339. The van der Waals surface area contributed by atoms with E-state index in [-0.39, 0.29) is 5.56 Å². The fourth-order valence-electron chi connectivity index (χ4n) is 1.69. The average molecular weight is 316 g/mol. The molecule has 21 heavy (non-hydrogen) atoms. The van der Waals surface area contributed by atoms with E-state index in [1.165, 1.54) is 19.9 Å². The molecule has 0 saturated carbocycles. The van der Waals surface area contributed by atoms with E-state index in [2.05, 4.69) is 0 Å². The normalized spacial score (nSPS) is 13.4. The van der Waals surface area contributed by atoms with E-state index < -0.39 is 29.4 Å². The summed E-state index contributed by atoms with van der Waals surface area (Å²) < 4.78 is 88.7. The molecule has 0 atom stereocenters. The van der Waals surface area contributed by atoms with Gasteiger partial charge in [0.2, 0.25) is 5.78 Å². The van der Waals surface area contributed by atoms with Crippen LogP contribution in [0.25, 0.3) is 0 Å². The number of alkyl halides is 7. The number of hydrogen-bond acceptors (Lipinski definition) is 1. The molecule has 0 amide bonds. The maximum atomic E-state index is 13.4. The summed E-state index contributed by atoms with van der Waals surface area (Å²) in [4.78, 5) is 11.5. The highest BCUT2D eigenvalue weighted by atomic mass is 19.4. The zero-order chi connectivity index (χ0) is 16.8. The van der Waals surface area contributed by atoms with Crippen LogP contribution in [0.15, 0.2) is 12.1 Å². The SMILES string of the molecule is Cc1cc(C)c(C(=O)C(F)(F)C(F)(F)C(F)(F)F)cc1C. The van der Waals surface area contributed by atoms with Gasteiger partial charge < -0.3 is 0 Å². The van der Waals surface area contributed by atoms with Gasteiger partial charge in [-0.05, 0) is 43.5 Å². The van der Waals surface area contributed by atoms with Gasteiger partial charge in [0, 0.05) is 5.56 Å². The Morgan fingerprint density at radius 1 is 0.810 bits per heavy atom. The van der Waals surface area contributed by atoms with Crippen molar-refractivity contribution in [1.82, 2.24) is 0 Å². The van der Waals surface area contributed by atoms with Crippen molar-refractivity contribution in [2.24, 2.45) is 0 Å². The minimum atomic E-state index is -6.53. The van der Waals surface area contributed by atoms with E-state index in [0.717, 1.165) is 6.07 Å². The molecule has 0 aliphatic heterocycles. The number of ketones is 1. The van der Waals surface area contributed by atoms with Gasteiger partial charge in [-0.15, -0.1) is 0 Å². The molecule has 0 fully saturated rings. The summed E-state index contributed by atoms with van der Waals surface area (Å²) >= 11 is 0. The number of carbonyl (C=O) groups excluding carboxylic acids is 1. The van der Waals surface area contributed by atoms with Crippen LogP contribution in [0.5, 0.6) is 0 Å². The van der Waals surface area contributed by atoms with Gasteiger partial charge in [-0.1, -0.05) is 6.07 Å². The number of benzene rings is 1. The largest absolute Gasteiger partial charge is 0.460 e. The Morgan fingerprint density at radius 2 is 1.24 bits per heavy atom. The highest BCUT2D eigenvalue weighted by Gasteiger charge is 2.76. The Bertz CT molecular complexity index is 573. The molecular formula is C13H11F7O. The van der Waals surface area contributed by atoms with Crippen LogP contribution in [0, 0.1) is 20.8 Å². The molecule has 1 rings (SSSR count). The van der Waals surface area contributed by atoms with Crippen molar-refractivity contribution >= 4 is 5.78 Å². The van der Waals surface area contributed by atoms with Gasteiger partial charge in [-0.2, -0.15) is 30.7 Å². The van der Waals surface area contributed by atoms with Crippen molar-refractivity contribution in [3.05, 3.63) is 34.4 Å². The van der Waals surface area contributed by atoms with Gasteiger partial charge in [0.15, 0.2) is 0 Å². The van der Waals surface area contributed by atoms with E-state index in [1.54, 1.807) is 6.92 Å². The lowest BCUT2D eigenvalue weighted by Gasteiger charge is -2.27. The lowest BCUT2D eigenvalue weighted by Crippen LogP contribution is -2.56. The van der Waals surface area contributed by atoms with Crippen LogP contribution in [0.3, 0.4) is 0 Å². The molecule has 1 aromatic rings. The summed E-state index contributed by atoms with van der Waals surface area (Å²) in [5.74, 6) is -14.9. The molecule has 0 N–H and O–H groups in total. The summed E-state index contributed by atoms with van der Waals surface area (Å²) in [5.41, 5.74) is -0.0298. The monoisotopic (exact) mass is 316 g/mol. The zero-order valence-electron chi connectivity index (χ0n) is 11.2. The van der Waals surface area contributed by atoms with Crippen molar-refractivity contribution < 1.29 is 35.5 Å². The fraction of sp³-hybridized carbons (Fsp3) is 0.462. The second-order valence-corrected chi connectivity index (χ2v) is 4.73. The molecular weight excluding hydrogens is 305 g/mol.